The predicted octanol–water partition coefficient (Wildman–Crippen LogP) is 4.03. The Bertz CT molecular complexity index is 482. The minimum Gasteiger partial charge on any atom is -0.494 e. The molecule has 0 bridgehead atoms. The maximum Gasteiger partial charge on any atom is 0.181 e. The minimum atomic E-state index is 0.679. The summed E-state index contributed by atoms with van der Waals surface area (Å²) < 4.78 is 11.0. The number of benzene rings is 1. The molecule has 1 aromatic heterocycles. The van der Waals surface area contributed by atoms with Crippen LogP contribution in [0.15, 0.2) is 35.1 Å². The Morgan fingerprint density at radius 3 is 3.06 bits per heavy atom. The van der Waals surface area contributed by atoms with Crippen molar-refractivity contribution in [3.8, 4) is 17.1 Å². The van der Waals surface area contributed by atoms with Crippen LogP contribution in [0.5, 0.6) is 5.75 Å². The van der Waals surface area contributed by atoms with E-state index in [1.807, 2.05) is 24.3 Å². The van der Waals surface area contributed by atoms with E-state index >= 15 is 0 Å². The molecule has 0 unspecified atom stereocenters. The van der Waals surface area contributed by atoms with Gasteiger partial charge in [0.2, 0.25) is 0 Å². The maximum absolute atomic E-state index is 5.59. The highest BCUT2D eigenvalue weighted by Crippen LogP contribution is 2.27. The molecule has 0 aliphatic carbocycles. The van der Waals surface area contributed by atoms with Gasteiger partial charge in [0.25, 0.3) is 0 Å². The van der Waals surface area contributed by atoms with Gasteiger partial charge in [-0.1, -0.05) is 35.0 Å². The first kappa shape index (κ1) is 12.2. The van der Waals surface area contributed by atoms with Gasteiger partial charge in [-0.05, 0) is 18.6 Å². The predicted molar refractivity (Wildman–Crippen MR) is 70.4 cm³/mol. The number of aromatic nitrogens is 1. The van der Waals surface area contributed by atoms with Crippen LogP contribution in [0.4, 0.5) is 0 Å². The van der Waals surface area contributed by atoms with Crippen molar-refractivity contribution in [3.63, 3.8) is 0 Å². The van der Waals surface area contributed by atoms with Crippen LogP contribution in [0, 0.1) is 0 Å². The summed E-state index contributed by atoms with van der Waals surface area (Å²) in [7, 11) is 0. The molecule has 1 aromatic carbocycles. The summed E-state index contributed by atoms with van der Waals surface area (Å²) >= 11 is 3.39. The number of halogens is 1. The Labute approximate surface area is 109 Å². The van der Waals surface area contributed by atoms with Gasteiger partial charge in [-0.3, -0.25) is 0 Å². The Balaban J connectivity index is 2.26. The van der Waals surface area contributed by atoms with Gasteiger partial charge in [0, 0.05) is 10.9 Å². The fourth-order valence-electron chi connectivity index (χ4n) is 1.55. The van der Waals surface area contributed by atoms with Crippen LogP contribution in [-0.4, -0.2) is 11.6 Å². The first-order valence-electron chi connectivity index (χ1n) is 5.56. The zero-order valence-electron chi connectivity index (χ0n) is 9.65. The van der Waals surface area contributed by atoms with Crippen molar-refractivity contribution < 1.29 is 9.15 Å². The summed E-state index contributed by atoms with van der Waals surface area (Å²) in [6.07, 6.45) is 2.46. The molecule has 3 nitrogen and oxygen atoms in total. The Kier molecular flexibility index (Phi) is 4.20. The number of ether oxygens (including phenoxy) is 1. The summed E-state index contributed by atoms with van der Waals surface area (Å²) in [5.41, 5.74) is 1.89. The number of nitrogens with zero attached hydrogens (tertiary/aromatic N) is 1. The Morgan fingerprint density at radius 1 is 1.41 bits per heavy atom. The van der Waals surface area contributed by atoms with Crippen molar-refractivity contribution in [1.29, 1.82) is 0 Å². The number of hydrogen-bond donors (Lipinski definition) is 0. The molecule has 2 rings (SSSR count). The van der Waals surface area contributed by atoms with Gasteiger partial charge in [0.15, 0.2) is 12.2 Å². The molecule has 1 heterocycles. The second-order valence-corrected chi connectivity index (χ2v) is 4.20. The zero-order chi connectivity index (χ0) is 12.1. The summed E-state index contributed by atoms with van der Waals surface area (Å²) in [5, 5.41) is 0.679. The third kappa shape index (κ3) is 2.88. The third-order valence-corrected chi connectivity index (χ3v) is 2.87. The fraction of sp³-hybridized carbons (Fsp3) is 0.308. The van der Waals surface area contributed by atoms with Crippen molar-refractivity contribution >= 4 is 15.9 Å². The highest BCUT2D eigenvalue weighted by Gasteiger charge is 2.10. The lowest BCUT2D eigenvalue weighted by atomic mass is 10.1. The smallest absolute Gasteiger partial charge is 0.181 e. The molecular weight excluding hydrogens is 282 g/mol. The molecule has 2 aromatic rings. The van der Waals surface area contributed by atoms with Crippen LogP contribution in [0.2, 0.25) is 0 Å². The molecule has 17 heavy (non-hydrogen) atoms. The second kappa shape index (κ2) is 5.87. The first-order chi connectivity index (χ1) is 8.35. The minimum absolute atomic E-state index is 0.679. The molecule has 0 fully saturated rings. The summed E-state index contributed by atoms with van der Waals surface area (Å²) in [5.74, 6) is 1.66. The molecule has 0 atom stereocenters. The van der Waals surface area contributed by atoms with E-state index in [4.69, 9.17) is 9.15 Å². The Hall–Kier alpha value is -1.29. The zero-order valence-corrected chi connectivity index (χ0v) is 11.2. The number of oxazole rings is 1. The van der Waals surface area contributed by atoms with E-state index in [1.165, 1.54) is 6.39 Å². The lowest BCUT2D eigenvalue weighted by molar-refractivity contribution is 0.317. The first-order valence-corrected chi connectivity index (χ1v) is 6.69. The molecule has 0 aliphatic heterocycles. The fourth-order valence-corrected chi connectivity index (χ4v) is 1.95. The summed E-state index contributed by atoms with van der Waals surface area (Å²) in [6.45, 7) is 2.81. The SMILES string of the molecule is CCCOc1cccc(-c2ocnc2CBr)c1. The highest BCUT2D eigenvalue weighted by molar-refractivity contribution is 9.08. The topological polar surface area (TPSA) is 35.3 Å². The van der Waals surface area contributed by atoms with E-state index in [9.17, 15) is 0 Å². The van der Waals surface area contributed by atoms with Gasteiger partial charge >= 0.3 is 0 Å². The van der Waals surface area contributed by atoms with Crippen LogP contribution in [0.1, 0.15) is 19.0 Å². The van der Waals surface area contributed by atoms with Crippen LogP contribution in [-0.2, 0) is 5.33 Å². The van der Waals surface area contributed by atoms with Crippen molar-refractivity contribution in [2.24, 2.45) is 0 Å². The van der Waals surface area contributed by atoms with E-state index in [0.717, 1.165) is 35.8 Å². The average molecular weight is 296 g/mol. The Morgan fingerprint density at radius 2 is 2.29 bits per heavy atom. The normalized spacial score (nSPS) is 10.5. The monoisotopic (exact) mass is 295 g/mol. The van der Waals surface area contributed by atoms with Crippen molar-refractivity contribution in [3.05, 3.63) is 36.4 Å². The van der Waals surface area contributed by atoms with E-state index in [1.54, 1.807) is 0 Å². The third-order valence-electron chi connectivity index (χ3n) is 2.34. The largest absolute Gasteiger partial charge is 0.494 e. The van der Waals surface area contributed by atoms with E-state index < -0.39 is 0 Å². The molecule has 0 spiro atoms. The lowest BCUT2D eigenvalue weighted by Crippen LogP contribution is -1.94. The van der Waals surface area contributed by atoms with Crippen LogP contribution >= 0.6 is 15.9 Å². The average Bonchev–Trinajstić information content (AvgIpc) is 2.85. The van der Waals surface area contributed by atoms with E-state index in [0.29, 0.717) is 5.33 Å². The van der Waals surface area contributed by atoms with Crippen LogP contribution in [0.3, 0.4) is 0 Å². The number of rotatable bonds is 5. The van der Waals surface area contributed by atoms with Gasteiger partial charge in [-0.25, -0.2) is 4.98 Å². The quantitative estimate of drug-likeness (QED) is 0.781. The van der Waals surface area contributed by atoms with Gasteiger partial charge in [-0.15, -0.1) is 0 Å². The maximum atomic E-state index is 5.59. The molecule has 4 heteroatoms. The number of alkyl halides is 1. The standard InChI is InChI=1S/C13H14BrNO2/c1-2-6-16-11-5-3-4-10(7-11)13-12(8-14)15-9-17-13/h3-5,7,9H,2,6,8H2,1H3. The summed E-state index contributed by atoms with van der Waals surface area (Å²) in [4.78, 5) is 4.15. The van der Waals surface area contributed by atoms with Gasteiger partial charge in [-0.2, -0.15) is 0 Å². The molecule has 90 valence electrons. The van der Waals surface area contributed by atoms with Crippen molar-refractivity contribution in [1.82, 2.24) is 4.98 Å². The molecule has 0 aliphatic rings. The lowest BCUT2D eigenvalue weighted by Gasteiger charge is -2.06. The molecule has 0 N–H and O–H groups in total. The molecular formula is C13H14BrNO2. The van der Waals surface area contributed by atoms with Crippen molar-refractivity contribution in [2.45, 2.75) is 18.7 Å². The molecule has 0 saturated heterocycles. The second-order valence-electron chi connectivity index (χ2n) is 3.64. The van der Waals surface area contributed by atoms with Gasteiger partial charge < -0.3 is 9.15 Å². The van der Waals surface area contributed by atoms with Crippen LogP contribution in [0.25, 0.3) is 11.3 Å². The van der Waals surface area contributed by atoms with Gasteiger partial charge in [0.1, 0.15) is 5.75 Å². The van der Waals surface area contributed by atoms with E-state index in [-0.39, 0.29) is 0 Å². The number of hydrogen-bond acceptors (Lipinski definition) is 3. The molecule has 0 amide bonds. The van der Waals surface area contributed by atoms with Crippen molar-refractivity contribution in [2.75, 3.05) is 6.61 Å². The van der Waals surface area contributed by atoms with Crippen LogP contribution < -0.4 is 4.74 Å². The highest BCUT2D eigenvalue weighted by atomic mass is 79.9. The molecule has 0 radical (unpaired) electrons. The molecule has 0 saturated carbocycles. The summed E-state index contributed by atoms with van der Waals surface area (Å²) in [6, 6.07) is 7.87. The van der Waals surface area contributed by atoms with Gasteiger partial charge in [0.05, 0.1) is 12.3 Å². The van der Waals surface area contributed by atoms with E-state index in [2.05, 4.69) is 27.8 Å².